The van der Waals surface area contributed by atoms with E-state index in [1.54, 1.807) is 0 Å². The molecule has 30 aromatic rings. The van der Waals surface area contributed by atoms with E-state index in [0.717, 1.165) is 12.2 Å². The highest BCUT2D eigenvalue weighted by atomic mass is 15.0. The van der Waals surface area contributed by atoms with E-state index in [1.807, 2.05) is 0 Å². The number of para-hydroxylation sites is 4. The third kappa shape index (κ3) is 13.3. The van der Waals surface area contributed by atoms with Crippen LogP contribution in [-0.4, -0.2) is 13.7 Å². The summed E-state index contributed by atoms with van der Waals surface area (Å²) in [7, 11) is 0. The molecule has 30 rings (SSSR count). The summed E-state index contributed by atoms with van der Waals surface area (Å²) in [5.41, 5.74) is 27.5. The fourth-order valence-corrected chi connectivity index (χ4v) is 24.3. The van der Waals surface area contributed by atoms with Gasteiger partial charge < -0.3 is 13.7 Å². The van der Waals surface area contributed by atoms with Crippen LogP contribution in [0.2, 0.25) is 0 Å². The van der Waals surface area contributed by atoms with Crippen molar-refractivity contribution >= 4 is 195 Å². The molecule has 0 atom stereocenters. The Morgan fingerprint density at radius 1 is 0.133 bits per heavy atom. The maximum atomic E-state index is 2.43. The molecule has 0 aliphatic rings. The number of nitrogens with zero attached hydrogens (tertiary/aromatic N) is 3. The van der Waals surface area contributed by atoms with Gasteiger partial charge in [-0.25, -0.2) is 0 Å². The minimum absolute atomic E-state index is 0.948. The zero-order valence-electron chi connectivity index (χ0n) is 78.7. The lowest BCUT2D eigenvalue weighted by Crippen LogP contribution is -1.94. The zero-order chi connectivity index (χ0) is 94.3. The molecule has 666 valence electrons. The zero-order valence-corrected chi connectivity index (χ0v) is 78.7. The van der Waals surface area contributed by atoms with Gasteiger partial charge in [-0.15, -0.1) is 0 Å². The van der Waals surface area contributed by atoms with Crippen molar-refractivity contribution in [1.29, 1.82) is 0 Å². The normalized spacial score (nSPS) is 11.8. The summed E-state index contributed by atoms with van der Waals surface area (Å²) < 4.78 is 7.23. The lowest BCUT2D eigenvalue weighted by atomic mass is 9.83. The molecule has 0 amide bonds. The van der Waals surface area contributed by atoms with E-state index >= 15 is 0 Å². The molecule has 143 heavy (non-hydrogen) atoms. The number of rotatable bonds is 10. The molecule has 0 aliphatic carbocycles. The van der Waals surface area contributed by atoms with Crippen LogP contribution in [0.4, 0.5) is 0 Å². The van der Waals surface area contributed by atoms with Crippen molar-refractivity contribution < 1.29 is 0 Å². The first-order valence-electron chi connectivity index (χ1n) is 49.8. The summed E-state index contributed by atoms with van der Waals surface area (Å²) in [6.07, 6.45) is 0. The third-order valence-corrected chi connectivity index (χ3v) is 30.5. The molecule has 0 N–H and O–H groups in total. The van der Waals surface area contributed by atoms with Gasteiger partial charge in [-0.1, -0.05) is 425 Å². The van der Waals surface area contributed by atoms with Gasteiger partial charge >= 0.3 is 0 Å². The first-order chi connectivity index (χ1) is 71.0. The van der Waals surface area contributed by atoms with Gasteiger partial charge in [-0.3, -0.25) is 0 Å². The highest BCUT2D eigenvalue weighted by Gasteiger charge is 2.27. The molecule has 3 aromatic heterocycles. The second-order valence-corrected chi connectivity index (χ2v) is 38.0. The van der Waals surface area contributed by atoms with Crippen molar-refractivity contribution in [2.24, 2.45) is 0 Å². The van der Waals surface area contributed by atoms with Crippen LogP contribution in [0.25, 0.3) is 284 Å². The van der Waals surface area contributed by atoms with Gasteiger partial charge in [-0.05, 0) is 311 Å². The van der Waals surface area contributed by atoms with E-state index in [0.29, 0.717) is 0 Å². The fraction of sp³-hybridized carbons (Fsp3) is 0.0143. The highest BCUT2D eigenvalue weighted by Crippen LogP contribution is 2.53. The molecule has 3 nitrogen and oxygen atoms in total. The van der Waals surface area contributed by atoms with E-state index in [4.69, 9.17) is 0 Å². The predicted octanol–water partition coefficient (Wildman–Crippen LogP) is 38.9. The predicted molar refractivity (Wildman–Crippen MR) is 615 cm³/mol. The van der Waals surface area contributed by atoms with Gasteiger partial charge in [0.15, 0.2) is 0 Å². The summed E-state index contributed by atoms with van der Waals surface area (Å²) in [6, 6.07) is 192. The molecule has 27 aromatic carbocycles. The molecule has 0 radical (unpaired) electrons. The van der Waals surface area contributed by atoms with Crippen LogP contribution in [0.5, 0.6) is 0 Å². The summed E-state index contributed by atoms with van der Waals surface area (Å²) in [6.45, 7) is 3.18. The van der Waals surface area contributed by atoms with Gasteiger partial charge in [0.05, 0.1) is 22.1 Å². The Bertz CT molecular complexity index is 10300. The summed E-state index contributed by atoms with van der Waals surface area (Å²) in [5.74, 6) is 0. The van der Waals surface area contributed by atoms with E-state index < -0.39 is 0 Å². The summed E-state index contributed by atoms with van der Waals surface area (Å²) in [4.78, 5) is 0. The van der Waals surface area contributed by atoms with Gasteiger partial charge in [-0.2, -0.15) is 0 Å². The summed E-state index contributed by atoms with van der Waals surface area (Å²) in [5, 5.41) is 38.3. The molecule has 0 saturated carbocycles. The standard InChI is InChI=1S/C52H33N.C46H29N.C42H29N/c1-2-14-34(15-3-1)35-26-29-38(30-27-35)53-49-25-13-12-20-42(49)47-33-37(28-31-50(47)53)51-43-21-8-10-23-45(43)52(46-24-11-9-22-44(46)51)48-32-36-16-4-5-17-39(36)40-18-6-7-19-41(40)48;1-2-15-32(16-3-1)47-43-25-13-12-20-36(43)41-29-31(26-27-44(41)47)45-37-21-8-10-23-39(37)46(40-24-11-9-22-38(40)45)42-28-30-14-4-5-17-33(30)34-18-6-7-19-35(34)42;1-2-43-39-22-12-11-17-32(39)37-26-28(23-24-40(37)43)41-33-18-7-9-20-35(33)42(36-21-10-8-19-34(36)41)38-25-27-13-3-4-14-29(27)30-15-5-6-16-31(30)38/h1-33H;1-29H;3-26H,2H2,1H3. The van der Waals surface area contributed by atoms with E-state index in [1.165, 1.54) is 278 Å². The molecule has 0 saturated heterocycles. The van der Waals surface area contributed by atoms with Crippen molar-refractivity contribution in [2.75, 3.05) is 0 Å². The SMILES string of the molecule is CCn1c2ccccc2c2cc(-c3c4ccccc4c(-c4cc5ccccc5c5ccccc45)c4ccccc34)ccc21.c1ccc(-c2ccc(-n3c4ccccc4c4cc(-c5c6ccccc6c(-c6cc7ccccc7c7ccccc67)c6ccccc56)ccc43)cc2)cc1.c1ccc(-n2c3ccccc3c3cc(-c4c5ccccc5c(-c5cc6ccccc6c6ccccc56)c5ccccc45)ccc32)cc1. The molecule has 3 heterocycles. The van der Waals surface area contributed by atoms with Crippen LogP contribution in [0.15, 0.2) is 522 Å². The molecule has 0 spiro atoms. The highest BCUT2D eigenvalue weighted by molar-refractivity contribution is 6.31. The van der Waals surface area contributed by atoms with Crippen LogP contribution in [0, 0.1) is 0 Å². The second kappa shape index (κ2) is 34.0. The van der Waals surface area contributed by atoms with Crippen molar-refractivity contribution in [2.45, 2.75) is 13.5 Å². The average Bonchev–Trinajstić information content (AvgIpc) is 1.42. The first-order valence-corrected chi connectivity index (χ1v) is 49.8. The van der Waals surface area contributed by atoms with Gasteiger partial charge in [0.1, 0.15) is 0 Å². The van der Waals surface area contributed by atoms with Crippen LogP contribution in [0.1, 0.15) is 6.92 Å². The average molecular weight is 1820 g/mol. The number of fused-ring (bicyclic) bond motifs is 24. The third-order valence-electron chi connectivity index (χ3n) is 30.5. The molecular formula is C140H91N3. The quantitative estimate of drug-likeness (QED) is 0.0958. The molecular weight excluding hydrogens is 1720 g/mol. The maximum Gasteiger partial charge on any atom is 0.0541 e. The molecule has 0 fully saturated rings. The molecule has 0 unspecified atom stereocenters. The molecule has 0 aliphatic heterocycles. The lowest BCUT2D eigenvalue weighted by Gasteiger charge is -2.19. The van der Waals surface area contributed by atoms with Crippen molar-refractivity contribution in [1.82, 2.24) is 13.7 Å². The molecule has 3 heteroatoms. The Morgan fingerprint density at radius 3 is 0.671 bits per heavy atom. The van der Waals surface area contributed by atoms with Gasteiger partial charge in [0, 0.05) is 61.3 Å². The number of benzene rings is 27. The van der Waals surface area contributed by atoms with E-state index in [-0.39, 0.29) is 0 Å². The Hall–Kier alpha value is -18.5. The number of hydrogen-bond acceptors (Lipinski definition) is 0. The Morgan fingerprint density at radius 2 is 0.343 bits per heavy atom. The lowest BCUT2D eigenvalue weighted by molar-refractivity contribution is 0.827. The smallest absolute Gasteiger partial charge is 0.0541 e. The molecule has 0 bridgehead atoms. The second-order valence-electron chi connectivity index (χ2n) is 38.0. The van der Waals surface area contributed by atoms with Crippen molar-refractivity contribution in [3.05, 3.63) is 522 Å². The van der Waals surface area contributed by atoms with Crippen molar-refractivity contribution in [3.63, 3.8) is 0 Å². The Kier molecular flexibility index (Phi) is 19.6. The largest absolute Gasteiger partial charge is 0.341 e. The van der Waals surface area contributed by atoms with Crippen LogP contribution in [0.3, 0.4) is 0 Å². The van der Waals surface area contributed by atoms with Gasteiger partial charge in [0.2, 0.25) is 0 Å². The summed E-state index contributed by atoms with van der Waals surface area (Å²) >= 11 is 0. The Labute approximate surface area is 826 Å². The maximum absolute atomic E-state index is 2.43. The first kappa shape index (κ1) is 82.7. The number of aryl methyl sites for hydroxylation is 1. The number of aromatic nitrogens is 3. The Balaban J connectivity index is 0.000000105. The topological polar surface area (TPSA) is 14.8 Å². The van der Waals surface area contributed by atoms with Crippen molar-refractivity contribution in [3.8, 4) is 89.3 Å². The van der Waals surface area contributed by atoms with Crippen LogP contribution in [-0.2, 0) is 6.54 Å². The minimum atomic E-state index is 0.948. The van der Waals surface area contributed by atoms with E-state index in [9.17, 15) is 0 Å². The van der Waals surface area contributed by atoms with E-state index in [2.05, 4.69) is 542 Å². The monoisotopic (exact) mass is 1810 g/mol. The minimum Gasteiger partial charge on any atom is -0.341 e. The fourth-order valence-electron chi connectivity index (χ4n) is 24.3. The van der Waals surface area contributed by atoms with Crippen LogP contribution >= 0.6 is 0 Å². The van der Waals surface area contributed by atoms with Crippen LogP contribution < -0.4 is 0 Å². The van der Waals surface area contributed by atoms with Gasteiger partial charge in [0.25, 0.3) is 0 Å². The number of hydrogen-bond donors (Lipinski definition) is 0.